The Morgan fingerprint density at radius 1 is 1.52 bits per heavy atom. The molecular formula is C18H24N2O2S. The predicted octanol–water partition coefficient (Wildman–Crippen LogP) is 4.13. The summed E-state index contributed by atoms with van der Waals surface area (Å²) in [5, 5.41) is 13.1. The monoisotopic (exact) mass is 332 g/mol. The summed E-state index contributed by atoms with van der Waals surface area (Å²) in [5.41, 5.74) is 2.83. The Labute approximate surface area is 142 Å². The van der Waals surface area contributed by atoms with Gasteiger partial charge in [-0.25, -0.2) is 0 Å². The minimum absolute atomic E-state index is 0.163. The summed E-state index contributed by atoms with van der Waals surface area (Å²) in [5.74, 6) is 0.783. The summed E-state index contributed by atoms with van der Waals surface area (Å²) < 4.78 is 5.25. The van der Waals surface area contributed by atoms with Crippen molar-refractivity contribution < 1.29 is 9.53 Å². The molecule has 0 fully saturated rings. The molecule has 0 saturated carbocycles. The number of nitriles is 1. The van der Waals surface area contributed by atoms with Crippen molar-refractivity contribution in [2.75, 3.05) is 17.7 Å². The van der Waals surface area contributed by atoms with Crippen molar-refractivity contribution in [1.29, 1.82) is 5.26 Å². The third-order valence-electron chi connectivity index (χ3n) is 4.27. The number of carbonyl (C=O) groups excluding carboxylic acids is 1. The van der Waals surface area contributed by atoms with Gasteiger partial charge in [0.2, 0.25) is 0 Å². The van der Waals surface area contributed by atoms with Crippen LogP contribution in [0, 0.1) is 16.7 Å². The molecule has 0 aromatic heterocycles. The fraction of sp³-hybridized carbons (Fsp3) is 0.556. The van der Waals surface area contributed by atoms with Gasteiger partial charge in [0.15, 0.2) is 0 Å². The first kappa shape index (κ1) is 17.7. The molecule has 5 heteroatoms. The molecule has 1 aromatic carbocycles. The standard InChI is InChI=1S/C18H24N2O2S/c1-5-23-16-9-17(18(3,4)11-22-12(2)21)20-15-7-6-13(10-19)8-14(15)16/h6-8,16-17,20H,5,9,11H2,1-4H3. The molecule has 23 heavy (non-hydrogen) atoms. The number of anilines is 1. The van der Waals surface area contributed by atoms with Gasteiger partial charge < -0.3 is 10.1 Å². The SMILES string of the molecule is CCSC1CC(C(C)(C)COC(C)=O)Nc2ccc(C#N)cc21. The summed E-state index contributed by atoms with van der Waals surface area (Å²) in [6, 6.07) is 8.26. The van der Waals surface area contributed by atoms with Crippen LogP contribution in [-0.2, 0) is 9.53 Å². The number of nitrogens with zero attached hydrogens (tertiary/aromatic N) is 1. The quantitative estimate of drug-likeness (QED) is 0.822. The van der Waals surface area contributed by atoms with E-state index in [1.54, 1.807) is 0 Å². The minimum atomic E-state index is -0.243. The van der Waals surface area contributed by atoms with Gasteiger partial charge >= 0.3 is 5.97 Å². The molecular weight excluding hydrogens is 308 g/mol. The molecule has 1 aromatic rings. The van der Waals surface area contributed by atoms with Crippen molar-refractivity contribution >= 4 is 23.4 Å². The van der Waals surface area contributed by atoms with Crippen molar-refractivity contribution in [1.82, 2.24) is 0 Å². The molecule has 1 N–H and O–H groups in total. The molecule has 2 unspecified atom stereocenters. The van der Waals surface area contributed by atoms with E-state index in [2.05, 4.69) is 32.2 Å². The summed E-state index contributed by atoms with van der Waals surface area (Å²) in [4.78, 5) is 11.1. The lowest BCUT2D eigenvalue weighted by atomic mass is 9.79. The Balaban J connectivity index is 2.26. The number of hydrogen-bond acceptors (Lipinski definition) is 5. The Hall–Kier alpha value is -1.67. The van der Waals surface area contributed by atoms with Crippen molar-refractivity contribution in [3.8, 4) is 6.07 Å². The van der Waals surface area contributed by atoms with E-state index in [0.29, 0.717) is 17.4 Å². The Morgan fingerprint density at radius 2 is 2.26 bits per heavy atom. The molecule has 2 rings (SSSR count). The molecule has 0 saturated heterocycles. The van der Waals surface area contributed by atoms with Gasteiger partial charge in [-0.1, -0.05) is 20.8 Å². The fourth-order valence-electron chi connectivity index (χ4n) is 2.88. The predicted molar refractivity (Wildman–Crippen MR) is 94.5 cm³/mol. The molecule has 1 heterocycles. The van der Waals surface area contributed by atoms with Gasteiger partial charge in [0.25, 0.3) is 0 Å². The Kier molecular flexibility index (Phi) is 5.59. The second kappa shape index (κ2) is 7.27. The van der Waals surface area contributed by atoms with Crippen LogP contribution in [0.2, 0.25) is 0 Å². The van der Waals surface area contributed by atoms with Gasteiger partial charge in [-0.05, 0) is 35.9 Å². The van der Waals surface area contributed by atoms with E-state index >= 15 is 0 Å². The molecule has 0 spiro atoms. The highest BCUT2D eigenvalue weighted by Gasteiger charge is 2.37. The number of carbonyl (C=O) groups is 1. The van der Waals surface area contributed by atoms with Gasteiger partial charge in [0.05, 0.1) is 18.2 Å². The maximum Gasteiger partial charge on any atom is 0.302 e. The number of ether oxygens (including phenoxy) is 1. The first-order chi connectivity index (χ1) is 10.9. The molecule has 1 aliphatic rings. The van der Waals surface area contributed by atoms with Crippen molar-refractivity contribution in [3.63, 3.8) is 0 Å². The molecule has 124 valence electrons. The highest BCUT2D eigenvalue weighted by Crippen LogP contribution is 2.45. The maximum atomic E-state index is 11.1. The number of rotatable bonds is 5. The largest absolute Gasteiger partial charge is 0.465 e. The van der Waals surface area contributed by atoms with Crippen LogP contribution < -0.4 is 5.32 Å². The first-order valence-electron chi connectivity index (χ1n) is 7.93. The number of fused-ring (bicyclic) bond motifs is 1. The highest BCUT2D eigenvalue weighted by atomic mass is 32.2. The topological polar surface area (TPSA) is 62.1 Å². The normalized spacial score (nSPS) is 20.1. The molecule has 0 amide bonds. The van der Waals surface area contributed by atoms with Gasteiger partial charge in [0, 0.05) is 29.3 Å². The van der Waals surface area contributed by atoms with Crippen LogP contribution in [0.1, 0.15) is 50.5 Å². The van der Waals surface area contributed by atoms with E-state index in [4.69, 9.17) is 10.00 Å². The van der Waals surface area contributed by atoms with Crippen molar-refractivity contribution in [3.05, 3.63) is 29.3 Å². The zero-order valence-electron chi connectivity index (χ0n) is 14.2. The van der Waals surface area contributed by atoms with Crippen LogP contribution in [0.3, 0.4) is 0 Å². The second-order valence-corrected chi connectivity index (χ2v) is 8.04. The summed E-state index contributed by atoms with van der Waals surface area (Å²) in [7, 11) is 0. The summed E-state index contributed by atoms with van der Waals surface area (Å²) in [6.07, 6.45) is 0.953. The van der Waals surface area contributed by atoms with Gasteiger partial charge in [-0.2, -0.15) is 17.0 Å². The van der Waals surface area contributed by atoms with Crippen LogP contribution in [0.15, 0.2) is 18.2 Å². The number of esters is 1. The Bertz CT molecular complexity index is 622. The summed E-state index contributed by atoms with van der Waals surface area (Å²) >= 11 is 1.90. The number of thioether (sulfide) groups is 1. The zero-order valence-corrected chi connectivity index (χ0v) is 15.0. The summed E-state index contributed by atoms with van der Waals surface area (Å²) in [6.45, 7) is 8.24. The zero-order chi connectivity index (χ0) is 17.0. The Morgan fingerprint density at radius 3 is 2.87 bits per heavy atom. The average molecular weight is 332 g/mol. The average Bonchev–Trinajstić information content (AvgIpc) is 2.52. The van der Waals surface area contributed by atoms with Crippen LogP contribution >= 0.6 is 11.8 Å². The van der Waals surface area contributed by atoms with Crippen molar-refractivity contribution in [2.45, 2.75) is 45.4 Å². The van der Waals surface area contributed by atoms with E-state index in [1.165, 1.54) is 12.5 Å². The highest BCUT2D eigenvalue weighted by molar-refractivity contribution is 7.99. The number of nitrogens with one attached hydrogen (secondary N) is 1. The third kappa shape index (κ3) is 4.20. The van der Waals surface area contributed by atoms with E-state index in [-0.39, 0.29) is 17.4 Å². The smallest absolute Gasteiger partial charge is 0.302 e. The molecule has 1 aliphatic heterocycles. The van der Waals surface area contributed by atoms with Crippen LogP contribution in [0.25, 0.3) is 0 Å². The van der Waals surface area contributed by atoms with Crippen LogP contribution in [0.5, 0.6) is 0 Å². The lowest BCUT2D eigenvalue weighted by Gasteiger charge is -2.41. The third-order valence-corrected chi connectivity index (χ3v) is 5.45. The van der Waals surface area contributed by atoms with Crippen molar-refractivity contribution in [2.24, 2.45) is 5.41 Å². The molecule has 0 aliphatic carbocycles. The van der Waals surface area contributed by atoms with E-state index < -0.39 is 0 Å². The lowest BCUT2D eigenvalue weighted by molar-refractivity contribution is -0.144. The first-order valence-corrected chi connectivity index (χ1v) is 8.97. The fourth-order valence-corrected chi connectivity index (χ4v) is 3.98. The maximum absolute atomic E-state index is 11.1. The number of hydrogen-bond donors (Lipinski definition) is 1. The van der Waals surface area contributed by atoms with Gasteiger partial charge in [-0.3, -0.25) is 4.79 Å². The molecule has 0 bridgehead atoms. The second-order valence-electron chi connectivity index (χ2n) is 6.56. The molecule has 2 atom stereocenters. The lowest BCUT2D eigenvalue weighted by Crippen LogP contribution is -2.43. The van der Waals surface area contributed by atoms with Gasteiger partial charge in [0.1, 0.15) is 0 Å². The minimum Gasteiger partial charge on any atom is -0.465 e. The van der Waals surface area contributed by atoms with E-state index in [1.807, 2.05) is 30.0 Å². The molecule has 4 nitrogen and oxygen atoms in total. The number of benzene rings is 1. The van der Waals surface area contributed by atoms with Gasteiger partial charge in [-0.15, -0.1) is 0 Å². The van der Waals surface area contributed by atoms with Crippen LogP contribution in [-0.4, -0.2) is 24.4 Å². The molecule has 0 radical (unpaired) electrons. The van der Waals surface area contributed by atoms with Crippen LogP contribution in [0.4, 0.5) is 5.69 Å². The van der Waals surface area contributed by atoms with E-state index in [9.17, 15) is 4.79 Å². The van der Waals surface area contributed by atoms with E-state index in [0.717, 1.165) is 17.9 Å².